The molecular formula is C15H20FN3O. The average molecular weight is 277 g/mol. The van der Waals surface area contributed by atoms with Crippen LogP contribution in [0.15, 0.2) is 18.2 Å². The Morgan fingerprint density at radius 3 is 3.00 bits per heavy atom. The zero-order chi connectivity index (χ0) is 14.1. The fraction of sp³-hybridized carbons (Fsp3) is 0.533. The van der Waals surface area contributed by atoms with Crippen LogP contribution in [0.4, 0.5) is 4.39 Å². The summed E-state index contributed by atoms with van der Waals surface area (Å²) < 4.78 is 13.9. The maximum atomic E-state index is 13.9. The van der Waals surface area contributed by atoms with Gasteiger partial charge in [-0.15, -0.1) is 0 Å². The number of carbonyl (C=O) groups is 1. The summed E-state index contributed by atoms with van der Waals surface area (Å²) in [6.45, 7) is 3.45. The van der Waals surface area contributed by atoms with Gasteiger partial charge in [0, 0.05) is 50.7 Å². The molecule has 0 bridgehead atoms. The van der Waals surface area contributed by atoms with Crippen molar-refractivity contribution in [1.29, 1.82) is 0 Å². The maximum Gasteiger partial charge on any atom is 0.222 e. The maximum absolute atomic E-state index is 13.9. The molecule has 0 saturated carbocycles. The Morgan fingerprint density at radius 1 is 1.35 bits per heavy atom. The summed E-state index contributed by atoms with van der Waals surface area (Å²) in [7, 11) is 0. The second-order valence-electron chi connectivity index (χ2n) is 5.64. The lowest BCUT2D eigenvalue weighted by Crippen LogP contribution is -2.51. The predicted octanol–water partition coefficient (Wildman–Crippen LogP) is 1.09. The molecule has 0 radical (unpaired) electrons. The molecule has 0 aromatic heterocycles. The molecule has 2 N–H and O–H groups in total. The van der Waals surface area contributed by atoms with Crippen molar-refractivity contribution in [1.82, 2.24) is 9.80 Å². The van der Waals surface area contributed by atoms with E-state index in [0.717, 1.165) is 31.6 Å². The SMILES string of the molecule is NCc1ccc(F)c(CN2CCN3C(=O)CCC3C2)c1. The third-order valence-corrected chi connectivity index (χ3v) is 4.32. The van der Waals surface area contributed by atoms with Gasteiger partial charge in [0.1, 0.15) is 5.82 Å². The van der Waals surface area contributed by atoms with Crippen molar-refractivity contribution in [2.75, 3.05) is 19.6 Å². The van der Waals surface area contributed by atoms with E-state index in [1.807, 2.05) is 11.0 Å². The number of nitrogens with two attached hydrogens (primary N) is 1. The summed E-state index contributed by atoms with van der Waals surface area (Å²) in [6, 6.07) is 5.39. The first-order chi connectivity index (χ1) is 9.67. The Labute approximate surface area is 118 Å². The van der Waals surface area contributed by atoms with Crippen molar-refractivity contribution >= 4 is 5.91 Å². The standard InChI is InChI=1S/C15H20FN3O/c16-14-3-1-11(8-17)7-12(14)9-18-5-6-19-13(10-18)2-4-15(19)20/h1,3,7,13H,2,4-6,8-10,17H2. The number of fused-ring (bicyclic) bond motifs is 1. The molecule has 0 aliphatic carbocycles. The molecule has 3 rings (SSSR count). The molecule has 1 atom stereocenters. The van der Waals surface area contributed by atoms with Gasteiger partial charge in [-0.3, -0.25) is 9.69 Å². The highest BCUT2D eigenvalue weighted by Gasteiger charge is 2.35. The molecule has 2 aliphatic rings. The molecule has 2 aliphatic heterocycles. The molecule has 2 fully saturated rings. The van der Waals surface area contributed by atoms with E-state index in [1.165, 1.54) is 6.07 Å². The molecule has 1 aromatic carbocycles. The van der Waals surface area contributed by atoms with Gasteiger partial charge < -0.3 is 10.6 Å². The molecule has 20 heavy (non-hydrogen) atoms. The lowest BCUT2D eigenvalue weighted by Gasteiger charge is -2.37. The lowest BCUT2D eigenvalue weighted by molar-refractivity contribution is -0.130. The van der Waals surface area contributed by atoms with Crippen LogP contribution in [0.5, 0.6) is 0 Å². The highest BCUT2D eigenvalue weighted by Crippen LogP contribution is 2.24. The minimum atomic E-state index is -0.174. The normalized spacial score (nSPS) is 23.2. The van der Waals surface area contributed by atoms with Crippen LogP contribution in [-0.2, 0) is 17.9 Å². The largest absolute Gasteiger partial charge is 0.337 e. The van der Waals surface area contributed by atoms with E-state index in [1.54, 1.807) is 6.07 Å². The van der Waals surface area contributed by atoms with Crippen molar-refractivity contribution in [2.24, 2.45) is 5.73 Å². The first-order valence-corrected chi connectivity index (χ1v) is 7.16. The third kappa shape index (κ3) is 2.55. The molecule has 2 saturated heterocycles. The van der Waals surface area contributed by atoms with Crippen LogP contribution >= 0.6 is 0 Å². The predicted molar refractivity (Wildman–Crippen MR) is 74.3 cm³/mol. The number of nitrogens with zero attached hydrogens (tertiary/aromatic N) is 2. The monoisotopic (exact) mass is 277 g/mol. The fourth-order valence-electron chi connectivity index (χ4n) is 3.19. The minimum absolute atomic E-state index is 0.174. The van der Waals surface area contributed by atoms with E-state index in [9.17, 15) is 9.18 Å². The number of halogens is 1. The van der Waals surface area contributed by atoms with Gasteiger partial charge in [-0.05, 0) is 18.1 Å². The van der Waals surface area contributed by atoms with Gasteiger partial charge in [-0.25, -0.2) is 4.39 Å². The van der Waals surface area contributed by atoms with Gasteiger partial charge in [0.2, 0.25) is 5.91 Å². The van der Waals surface area contributed by atoms with Crippen LogP contribution in [0.1, 0.15) is 24.0 Å². The van der Waals surface area contributed by atoms with Gasteiger partial charge in [-0.1, -0.05) is 12.1 Å². The first-order valence-electron chi connectivity index (χ1n) is 7.16. The number of amides is 1. The van der Waals surface area contributed by atoms with E-state index in [2.05, 4.69) is 4.90 Å². The fourth-order valence-corrected chi connectivity index (χ4v) is 3.19. The topological polar surface area (TPSA) is 49.6 Å². The Kier molecular flexibility index (Phi) is 3.72. The van der Waals surface area contributed by atoms with Crippen molar-refractivity contribution in [3.8, 4) is 0 Å². The van der Waals surface area contributed by atoms with Gasteiger partial charge in [-0.2, -0.15) is 0 Å². The number of benzene rings is 1. The highest BCUT2D eigenvalue weighted by molar-refractivity contribution is 5.78. The van der Waals surface area contributed by atoms with Crippen LogP contribution in [0.25, 0.3) is 0 Å². The summed E-state index contributed by atoms with van der Waals surface area (Å²) in [5.74, 6) is 0.0955. The summed E-state index contributed by atoms with van der Waals surface area (Å²) in [5.41, 5.74) is 7.26. The quantitative estimate of drug-likeness (QED) is 0.900. The number of piperazine rings is 1. The summed E-state index contributed by atoms with van der Waals surface area (Å²) in [5, 5.41) is 0. The van der Waals surface area contributed by atoms with Gasteiger partial charge in [0.05, 0.1) is 0 Å². The zero-order valence-electron chi connectivity index (χ0n) is 11.5. The van der Waals surface area contributed by atoms with Crippen LogP contribution in [-0.4, -0.2) is 41.4 Å². The summed E-state index contributed by atoms with van der Waals surface area (Å²) >= 11 is 0. The van der Waals surface area contributed by atoms with E-state index < -0.39 is 0 Å². The van der Waals surface area contributed by atoms with Crippen molar-refractivity contribution < 1.29 is 9.18 Å². The lowest BCUT2D eigenvalue weighted by atomic mass is 10.1. The minimum Gasteiger partial charge on any atom is -0.337 e. The number of hydrogen-bond donors (Lipinski definition) is 1. The van der Waals surface area contributed by atoms with Crippen LogP contribution < -0.4 is 5.73 Å². The van der Waals surface area contributed by atoms with Crippen molar-refractivity contribution in [3.05, 3.63) is 35.1 Å². The molecule has 108 valence electrons. The Morgan fingerprint density at radius 2 is 2.20 bits per heavy atom. The molecule has 1 aromatic rings. The van der Waals surface area contributed by atoms with Gasteiger partial charge in [0.15, 0.2) is 0 Å². The molecular weight excluding hydrogens is 257 g/mol. The summed E-state index contributed by atoms with van der Waals surface area (Å²) in [4.78, 5) is 15.9. The van der Waals surface area contributed by atoms with E-state index >= 15 is 0 Å². The van der Waals surface area contributed by atoms with Crippen LogP contribution in [0.2, 0.25) is 0 Å². The van der Waals surface area contributed by atoms with Crippen LogP contribution in [0.3, 0.4) is 0 Å². The number of rotatable bonds is 3. The first kappa shape index (κ1) is 13.5. The summed E-state index contributed by atoms with van der Waals surface area (Å²) in [6.07, 6.45) is 1.59. The van der Waals surface area contributed by atoms with Crippen molar-refractivity contribution in [2.45, 2.75) is 32.0 Å². The van der Waals surface area contributed by atoms with E-state index in [4.69, 9.17) is 5.73 Å². The molecule has 1 amide bonds. The molecule has 0 spiro atoms. The third-order valence-electron chi connectivity index (χ3n) is 4.32. The second-order valence-corrected chi connectivity index (χ2v) is 5.64. The molecule has 4 nitrogen and oxygen atoms in total. The smallest absolute Gasteiger partial charge is 0.222 e. The van der Waals surface area contributed by atoms with E-state index in [0.29, 0.717) is 31.1 Å². The van der Waals surface area contributed by atoms with E-state index in [-0.39, 0.29) is 11.7 Å². The van der Waals surface area contributed by atoms with Crippen molar-refractivity contribution in [3.63, 3.8) is 0 Å². The van der Waals surface area contributed by atoms with Gasteiger partial charge >= 0.3 is 0 Å². The molecule has 5 heteroatoms. The Balaban J connectivity index is 1.68. The second kappa shape index (κ2) is 5.50. The molecule has 2 heterocycles. The average Bonchev–Trinajstić information content (AvgIpc) is 2.82. The Bertz CT molecular complexity index is 520. The zero-order valence-corrected chi connectivity index (χ0v) is 11.5. The molecule has 1 unspecified atom stereocenters. The highest BCUT2D eigenvalue weighted by atomic mass is 19.1. The van der Waals surface area contributed by atoms with Crippen LogP contribution in [0, 0.1) is 5.82 Å². The van der Waals surface area contributed by atoms with Gasteiger partial charge in [0.25, 0.3) is 0 Å². The number of carbonyl (C=O) groups excluding carboxylic acids is 1. The number of hydrogen-bond acceptors (Lipinski definition) is 3. The Hall–Kier alpha value is -1.46.